The van der Waals surface area contributed by atoms with Crippen LogP contribution in [0.1, 0.15) is 24.2 Å². The minimum Gasteiger partial charge on any atom is -0.353 e. The van der Waals surface area contributed by atoms with E-state index in [1.165, 1.54) is 11.0 Å². The first-order valence-electron chi connectivity index (χ1n) is 7.96. The van der Waals surface area contributed by atoms with Crippen LogP contribution in [-0.2, 0) is 0 Å². The molecule has 0 spiro atoms. The molecule has 26 heavy (non-hydrogen) atoms. The Morgan fingerprint density at radius 3 is 2.54 bits per heavy atom. The van der Waals surface area contributed by atoms with Crippen LogP contribution in [0, 0.1) is 6.92 Å². The lowest BCUT2D eigenvalue weighted by atomic mass is 10.1. The average Bonchev–Trinajstić information content (AvgIpc) is 3.05. The van der Waals surface area contributed by atoms with Crippen molar-refractivity contribution < 1.29 is 4.52 Å². The maximum absolute atomic E-state index is 13.0. The van der Waals surface area contributed by atoms with Gasteiger partial charge >= 0.3 is 0 Å². The zero-order valence-electron chi connectivity index (χ0n) is 14.0. The van der Waals surface area contributed by atoms with Crippen molar-refractivity contribution >= 4 is 22.6 Å². The van der Waals surface area contributed by atoms with Crippen molar-refractivity contribution in [3.8, 4) is 11.3 Å². The van der Waals surface area contributed by atoms with Crippen LogP contribution in [0.4, 0.5) is 0 Å². The Labute approximate surface area is 153 Å². The van der Waals surface area contributed by atoms with Crippen molar-refractivity contribution in [2.45, 2.75) is 19.9 Å². The molecule has 0 aliphatic heterocycles. The van der Waals surface area contributed by atoms with E-state index in [9.17, 15) is 4.79 Å². The first kappa shape index (κ1) is 16.4. The monoisotopic (exact) mass is 367 g/mol. The number of hydrogen-bond donors (Lipinski definition) is 0. The van der Waals surface area contributed by atoms with Gasteiger partial charge in [0.15, 0.2) is 0 Å². The maximum atomic E-state index is 13.0. The summed E-state index contributed by atoms with van der Waals surface area (Å²) in [5, 5.41) is 9.52. The van der Waals surface area contributed by atoms with Crippen molar-refractivity contribution in [1.82, 2.24) is 24.9 Å². The van der Waals surface area contributed by atoms with E-state index in [1.807, 2.05) is 19.1 Å². The minimum absolute atomic E-state index is 0.262. The first-order valence-corrected chi connectivity index (χ1v) is 8.33. The third-order valence-corrected chi connectivity index (χ3v) is 4.51. The van der Waals surface area contributed by atoms with E-state index in [2.05, 4.69) is 20.2 Å². The standard InChI is InChI=1S/C18H14ClN5O2/c1-10-15-17(26-23-10)16(13-7-20-9-21-8-13)22-24(18(15)25)11(2)12-3-5-14(19)6-4-12/h3-9,11H,1-2H3. The molecule has 0 saturated heterocycles. The van der Waals surface area contributed by atoms with Crippen LogP contribution in [-0.4, -0.2) is 24.9 Å². The van der Waals surface area contributed by atoms with Gasteiger partial charge in [0.2, 0.25) is 5.58 Å². The second-order valence-corrected chi connectivity index (χ2v) is 6.36. The van der Waals surface area contributed by atoms with E-state index in [4.69, 9.17) is 16.1 Å². The molecule has 0 aliphatic rings. The van der Waals surface area contributed by atoms with Gasteiger partial charge in [-0.3, -0.25) is 4.79 Å². The van der Waals surface area contributed by atoms with Crippen LogP contribution < -0.4 is 5.56 Å². The minimum atomic E-state index is -0.304. The lowest BCUT2D eigenvalue weighted by molar-refractivity contribution is 0.448. The van der Waals surface area contributed by atoms with Gasteiger partial charge in [0.05, 0.1) is 11.7 Å². The van der Waals surface area contributed by atoms with E-state index < -0.39 is 0 Å². The molecule has 4 rings (SSSR count). The first-order chi connectivity index (χ1) is 12.6. The summed E-state index contributed by atoms with van der Waals surface area (Å²) >= 11 is 5.96. The van der Waals surface area contributed by atoms with Gasteiger partial charge in [-0.1, -0.05) is 28.9 Å². The number of benzene rings is 1. The van der Waals surface area contributed by atoms with Gasteiger partial charge in [-0.2, -0.15) is 5.10 Å². The Morgan fingerprint density at radius 2 is 1.85 bits per heavy atom. The van der Waals surface area contributed by atoms with Gasteiger partial charge in [-0.05, 0) is 31.5 Å². The highest BCUT2D eigenvalue weighted by atomic mass is 35.5. The number of aryl methyl sites for hydroxylation is 1. The van der Waals surface area contributed by atoms with E-state index in [0.717, 1.165) is 5.56 Å². The van der Waals surface area contributed by atoms with Crippen molar-refractivity contribution in [3.63, 3.8) is 0 Å². The number of hydrogen-bond acceptors (Lipinski definition) is 6. The third-order valence-electron chi connectivity index (χ3n) is 4.26. The lowest BCUT2D eigenvalue weighted by Crippen LogP contribution is -2.27. The molecule has 3 aromatic heterocycles. The zero-order chi connectivity index (χ0) is 18.3. The maximum Gasteiger partial charge on any atom is 0.280 e. The second-order valence-electron chi connectivity index (χ2n) is 5.93. The third kappa shape index (κ3) is 2.66. The molecule has 1 aromatic carbocycles. The summed E-state index contributed by atoms with van der Waals surface area (Å²) in [6, 6.07) is 7.01. The van der Waals surface area contributed by atoms with Gasteiger partial charge in [-0.25, -0.2) is 14.6 Å². The summed E-state index contributed by atoms with van der Waals surface area (Å²) in [6.07, 6.45) is 4.67. The van der Waals surface area contributed by atoms with Crippen molar-refractivity contribution in [1.29, 1.82) is 0 Å². The SMILES string of the molecule is Cc1noc2c(-c3cncnc3)nn(C(C)c3ccc(Cl)cc3)c(=O)c12. The Balaban J connectivity index is 1.98. The molecule has 1 atom stereocenters. The largest absolute Gasteiger partial charge is 0.353 e. The van der Waals surface area contributed by atoms with Gasteiger partial charge in [0.1, 0.15) is 17.4 Å². The van der Waals surface area contributed by atoms with Crippen LogP contribution in [0.25, 0.3) is 22.2 Å². The number of fused-ring (bicyclic) bond motifs is 1. The highest BCUT2D eigenvalue weighted by molar-refractivity contribution is 6.30. The van der Waals surface area contributed by atoms with Gasteiger partial charge < -0.3 is 4.52 Å². The molecule has 0 fully saturated rings. The van der Waals surface area contributed by atoms with Gasteiger partial charge in [-0.15, -0.1) is 0 Å². The summed E-state index contributed by atoms with van der Waals surface area (Å²) in [5.41, 5.74) is 2.62. The van der Waals surface area contributed by atoms with E-state index >= 15 is 0 Å². The van der Waals surface area contributed by atoms with Crippen LogP contribution in [0.2, 0.25) is 5.02 Å². The predicted molar refractivity (Wildman–Crippen MR) is 97.1 cm³/mol. The fourth-order valence-electron chi connectivity index (χ4n) is 2.85. The fourth-order valence-corrected chi connectivity index (χ4v) is 2.98. The highest BCUT2D eigenvalue weighted by Crippen LogP contribution is 2.27. The number of halogens is 1. The van der Waals surface area contributed by atoms with Crippen molar-refractivity contribution in [2.24, 2.45) is 0 Å². The summed E-state index contributed by atoms with van der Waals surface area (Å²) in [6.45, 7) is 3.63. The quantitative estimate of drug-likeness (QED) is 0.551. The smallest absolute Gasteiger partial charge is 0.280 e. The number of nitrogens with zero attached hydrogens (tertiary/aromatic N) is 5. The highest BCUT2D eigenvalue weighted by Gasteiger charge is 2.22. The molecule has 0 aliphatic carbocycles. The molecule has 0 amide bonds. The normalized spacial score (nSPS) is 12.4. The van der Waals surface area contributed by atoms with Gasteiger partial charge in [0, 0.05) is 23.0 Å². The Bertz CT molecular complexity index is 1140. The Hall–Kier alpha value is -3.06. The van der Waals surface area contributed by atoms with Crippen LogP contribution >= 0.6 is 11.6 Å². The summed E-state index contributed by atoms with van der Waals surface area (Å²) < 4.78 is 6.80. The van der Waals surface area contributed by atoms with Crippen molar-refractivity contribution in [3.05, 3.63) is 69.6 Å². The molecule has 0 bridgehead atoms. The molecule has 8 heteroatoms. The molecule has 1 unspecified atom stereocenters. The number of aromatic nitrogens is 5. The molecule has 7 nitrogen and oxygen atoms in total. The molecular weight excluding hydrogens is 354 g/mol. The molecule has 0 radical (unpaired) electrons. The molecule has 0 saturated carbocycles. The van der Waals surface area contributed by atoms with Crippen LogP contribution in [0.5, 0.6) is 0 Å². The summed E-state index contributed by atoms with van der Waals surface area (Å²) in [7, 11) is 0. The van der Waals surface area contributed by atoms with Crippen LogP contribution in [0.15, 0.2) is 52.3 Å². The molecule has 130 valence electrons. The topological polar surface area (TPSA) is 86.7 Å². The lowest BCUT2D eigenvalue weighted by Gasteiger charge is -2.15. The number of rotatable bonds is 3. The van der Waals surface area contributed by atoms with E-state index in [0.29, 0.717) is 32.9 Å². The predicted octanol–water partition coefficient (Wildman–Crippen LogP) is 3.41. The van der Waals surface area contributed by atoms with Gasteiger partial charge in [0.25, 0.3) is 5.56 Å². The van der Waals surface area contributed by atoms with Crippen molar-refractivity contribution in [2.75, 3.05) is 0 Å². The molecule has 4 aromatic rings. The molecule has 0 N–H and O–H groups in total. The Morgan fingerprint density at radius 1 is 1.15 bits per heavy atom. The summed E-state index contributed by atoms with van der Waals surface area (Å²) in [4.78, 5) is 21.1. The molecule has 3 heterocycles. The average molecular weight is 368 g/mol. The zero-order valence-corrected chi connectivity index (χ0v) is 14.8. The molecular formula is C18H14ClN5O2. The van der Waals surface area contributed by atoms with E-state index in [1.54, 1.807) is 31.5 Å². The summed E-state index contributed by atoms with van der Waals surface area (Å²) in [5.74, 6) is 0. The second kappa shape index (κ2) is 6.34. The van der Waals surface area contributed by atoms with E-state index in [-0.39, 0.29) is 11.6 Å². The Kier molecular flexibility index (Phi) is 4.00. The fraction of sp³-hybridized carbons (Fsp3) is 0.167. The van der Waals surface area contributed by atoms with Crippen LogP contribution in [0.3, 0.4) is 0 Å².